The molecule has 0 atom stereocenters. The number of halogens is 3. The van der Waals surface area contributed by atoms with E-state index in [9.17, 15) is 9.59 Å². The smallest absolute Gasteiger partial charge is 0.343 e. The monoisotopic (exact) mass is 496 g/mol. The maximum Gasteiger partial charge on any atom is 0.343 e. The minimum absolute atomic E-state index is 0.206. The lowest BCUT2D eigenvalue weighted by molar-refractivity contribution is 0.0734. The van der Waals surface area contributed by atoms with Crippen LogP contribution >= 0.6 is 34.8 Å². The predicted molar refractivity (Wildman–Crippen MR) is 132 cm³/mol. The van der Waals surface area contributed by atoms with Crippen LogP contribution in [-0.4, -0.2) is 18.1 Å². The van der Waals surface area contributed by atoms with E-state index < -0.39 is 11.9 Å². The van der Waals surface area contributed by atoms with E-state index in [1.54, 1.807) is 36.4 Å². The summed E-state index contributed by atoms with van der Waals surface area (Å²) in [5.74, 6) is -0.766. The lowest BCUT2D eigenvalue weighted by atomic mass is 10.0. The van der Waals surface area contributed by atoms with E-state index in [4.69, 9.17) is 39.5 Å². The molecule has 4 aromatic carbocycles. The van der Waals surface area contributed by atoms with Gasteiger partial charge in [0.15, 0.2) is 0 Å². The topological polar surface area (TPSA) is 67.8 Å². The van der Waals surface area contributed by atoms with Gasteiger partial charge in [-0.25, -0.2) is 10.2 Å². The summed E-state index contributed by atoms with van der Waals surface area (Å²) in [4.78, 5) is 25.1. The van der Waals surface area contributed by atoms with Crippen LogP contribution in [0.15, 0.2) is 84.0 Å². The number of benzene rings is 4. The number of hydrogen-bond acceptors (Lipinski definition) is 4. The van der Waals surface area contributed by atoms with Crippen LogP contribution in [0, 0.1) is 0 Å². The number of carbonyl (C=O) groups excluding carboxylic acids is 2. The molecule has 0 saturated heterocycles. The van der Waals surface area contributed by atoms with Crippen LogP contribution in [0.2, 0.25) is 15.1 Å². The number of amides is 1. The van der Waals surface area contributed by atoms with Gasteiger partial charge in [0.25, 0.3) is 5.91 Å². The number of hydrazone groups is 1. The van der Waals surface area contributed by atoms with Gasteiger partial charge in [0, 0.05) is 15.6 Å². The summed E-state index contributed by atoms with van der Waals surface area (Å²) >= 11 is 17.9. The van der Waals surface area contributed by atoms with Crippen molar-refractivity contribution in [2.24, 2.45) is 5.10 Å². The number of esters is 1. The summed E-state index contributed by atoms with van der Waals surface area (Å²) in [6, 6.07) is 22.0. The number of ether oxygens (including phenoxy) is 1. The van der Waals surface area contributed by atoms with Gasteiger partial charge in [0.2, 0.25) is 0 Å². The molecule has 0 aromatic heterocycles. The molecule has 0 radical (unpaired) electrons. The summed E-state index contributed by atoms with van der Waals surface area (Å²) < 4.78 is 5.63. The molecule has 0 unspecified atom stereocenters. The van der Waals surface area contributed by atoms with E-state index in [-0.39, 0.29) is 16.3 Å². The molecule has 0 aliphatic rings. The van der Waals surface area contributed by atoms with Crippen molar-refractivity contribution in [2.45, 2.75) is 0 Å². The van der Waals surface area contributed by atoms with Crippen LogP contribution in [0.3, 0.4) is 0 Å². The minimum atomic E-state index is -0.548. The van der Waals surface area contributed by atoms with Crippen molar-refractivity contribution in [3.8, 4) is 5.75 Å². The summed E-state index contributed by atoms with van der Waals surface area (Å²) in [6.07, 6.45) is 1.43. The Bertz CT molecular complexity index is 1390. The molecule has 33 heavy (non-hydrogen) atoms. The van der Waals surface area contributed by atoms with Gasteiger partial charge in [-0.2, -0.15) is 5.10 Å². The molecule has 4 aromatic rings. The van der Waals surface area contributed by atoms with Crippen molar-refractivity contribution >= 4 is 63.7 Å². The number of carbonyl (C=O) groups is 2. The van der Waals surface area contributed by atoms with E-state index in [1.807, 2.05) is 30.3 Å². The number of nitrogens with zero attached hydrogens (tertiary/aromatic N) is 1. The van der Waals surface area contributed by atoms with Crippen molar-refractivity contribution < 1.29 is 14.3 Å². The van der Waals surface area contributed by atoms with E-state index in [0.29, 0.717) is 21.2 Å². The average molecular weight is 498 g/mol. The Labute approximate surface area is 204 Å². The summed E-state index contributed by atoms with van der Waals surface area (Å²) in [7, 11) is 0. The standard InChI is InChI=1S/C25H15Cl3N2O3/c26-17-8-5-16(6-9-17)25(32)33-23-12-7-15-3-1-2-4-19(15)21(23)14-29-30-24(31)20-11-10-18(27)13-22(20)28/h1-14H,(H,30,31)/b29-14-. The molecule has 1 amide bonds. The van der Waals surface area contributed by atoms with Crippen LogP contribution in [0.1, 0.15) is 26.3 Å². The quantitative estimate of drug-likeness (QED) is 0.143. The lowest BCUT2D eigenvalue weighted by Gasteiger charge is -2.11. The normalized spacial score (nSPS) is 11.0. The second kappa shape index (κ2) is 10.0. The molecule has 0 bridgehead atoms. The highest BCUT2D eigenvalue weighted by atomic mass is 35.5. The largest absolute Gasteiger partial charge is 0.422 e. The predicted octanol–water partition coefficient (Wildman–Crippen LogP) is 6.78. The summed E-state index contributed by atoms with van der Waals surface area (Å²) in [6.45, 7) is 0. The first-order valence-electron chi connectivity index (χ1n) is 9.70. The fraction of sp³-hybridized carbons (Fsp3) is 0. The van der Waals surface area contributed by atoms with Gasteiger partial charge in [-0.15, -0.1) is 0 Å². The van der Waals surface area contributed by atoms with Crippen molar-refractivity contribution in [2.75, 3.05) is 0 Å². The molecule has 0 spiro atoms. The maximum atomic E-state index is 12.6. The highest BCUT2D eigenvalue weighted by Gasteiger charge is 2.14. The molecule has 8 heteroatoms. The highest BCUT2D eigenvalue weighted by molar-refractivity contribution is 6.36. The Morgan fingerprint density at radius 3 is 2.33 bits per heavy atom. The van der Waals surface area contributed by atoms with Gasteiger partial charge in [-0.1, -0.05) is 65.1 Å². The average Bonchev–Trinajstić information content (AvgIpc) is 2.80. The van der Waals surface area contributed by atoms with E-state index in [0.717, 1.165) is 10.8 Å². The molecule has 0 aliphatic heterocycles. The van der Waals surface area contributed by atoms with Gasteiger partial charge in [0.1, 0.15) is 5.75 Å². The first kappa shape index (κ1) is 22.8. The Kier molecular flexibility index (Phi) is 6.94. The van der Waals surface area contributed by atoms with Crippen molar-refractivity contribution in [1.82, 2.24) is 5.43 Å². The Morgan fingerprint density at radius 1 is 0.848 bits per heavy atom. The number of hydrogen-bond donors (Lipinski definition) is 1. The van der Waals surface area contributed by atoms with Crippen molar-refractivity contribution in [3.05, 3.63) is 111 Å². The SMILES string of the molecule is O=C(Oc1ccc2ccccc2c1/C=N\NC(=O)c1ccc(Cl)cc1Cl)c1ccc(Cl)cc1. The summed E-state index contributed by atoms with van der Waals surface area (Å²) in [5.41, 5.74) is 3.54. The third-order valence-corrected chi connectivity index (χ3v) is 5.55. The van der Waals surface area contributed by atoms with Gasteiger partial charge in [-0.3, -0.25) is 4.79 Å². The van der Waals surface area contributed by atoms with E-state index >= 15 is 0 Å². The third kappa shape index (κ3) is 5.34. The molecule has 0 heterocycles. The minimum Gasteiger partial charge on any atom is -0.422 e. The highest BCUT2D eigenvalue weighted by Crippen LogP contribution is 2.28. The zero-order valence-electron chi connectivity index (χ0n) is 16.9. The Morgan fingerprint density at radius 2 is 1.58 bits per heavy atom. The van der Waals surface area contributed by atoms with Crippen molar-refractivity contribution in [3.63, 3.8) is 0 Å². The number of nitrogens with one attached hydrogen (secondary N) is 1. The van der Waals surface area contributed by atoms with Crippen LogP contribution < -0.4 is 10.2 Å². The zero-order valence-corrected chi connectivity index (χ0v) is 19.2. The first-order chi connectivity index (χ1) is 15.9. The van der Waals surface area contributed by atoms with E-state index in [2.05, 4.69) is 10.5 Å². The van der Waals surface area contributed by atoms with Gasteiger partial charge < -0.3 is 4.74 Å². The van der Waals surface area contributed by atoms with E-state index in [1.165, 1.54) is 18.3 Å². The molecule has 4 rings (SSSR count). The van der Waals surface area contributed by atoms with Crippen LogP contribution in [0.5, 0.6) is 5.75 Å². The lowest BCUT2D eigenvalue weighted by Crippen LogP contribution is -2.18. The molecule has 1 N–H and O–H groups in total. The first-order valence-corrected chi connectivity index (χ1v) is 10.8. The van der Waals surface area contributed by atoms with Gasteiger partial charge in [-0.05, 0) is 59.3 Å². The molecular weight excluding hydrogens is 483 g/mol. The number of rotatable bonds is 5. The molecule has 0 aliphatic carbocycles. The molecule has 5 nitrogen and oxygen atoms in total. The van der Waals surface area contributed by atoms with Gasteiger partial charge in [0.05, 0.1) is 22.4 Å². The fourth-order valence-corrected chi connectivity index (χ4v) is 3.75. The third-order valence-electron chi connectivity index (χ3n) is 4.75. The van der Waals surface area contributed by atoms with Crippen LogP contribution in [0.25, 0.3) is 10.8 Å². The molecule has 0 saturated carbocycles. The number of fused-ring (bicyclic) bond motifs is 1. The van der Waals surface area contributed by atoms with Crippen molar-refractivity contribution in [1.29, 1.82) is 0 Å². The summed E-state index contributed by atoms with van der Waals surface area (Å²) in [5, 5.41) is 6.91. The maximum absolute atomic E-state index is 12.6. The van der Waals surface area contributed by atoms with Crippen LogP contribution in [-0.2, 0) is 0 Å². The Balaban J connectivity index is 1.63. The second-order valence-corrected chi connectivity index (χ2v) is 8.20. The zero-order chi connectivity index (χ0) is 23.4. The molecular formula is C25H15Cl3N2O3. The molecule has 164 valence electrons. The second-order valence-electron chi connectivity index (χ2n) is 6.92. The fourth-order valence-electron chi connectivity index (χ4n) is 3.13. The van der Waals surface area contributed by atoms with Gasteiger partial charge >= 0.3 is 5.97 Å². The Hall–Kier alpha value is -3.38. The van der Waals surface area contributed by atoms with Crippen LogP contribution in [0.4, 0.5) is 0 Å². The molecule has 0 fully saturated rings.